The zero-order valence-electron chi connectivity index (χ0n) is 17.0. The third kappa shape index (κ3) is 3.68. The van der Waals surface area contributed by atoms with Crippen molar-refractivity contribution >= 4 is 16.8 Å². The molecule has 0 aliphatic carbocycles. The molecule has 0 saturated carbocycles. The first-order valence-electron chi connectivity index (χ1n) is 9.89. The first-order valence-corrected chi connectivity index (χ1v) is 9.89. The molecule has 0 saturated heterocycles. The molecule has 4 rings (SSSR count). The third-order valence-electron chi connectivity index (χ3n) is 5.33. The number of benzene rings is 2. The Morgan fingerprint density at radius 3 is 2.63 bits per heavy atom. The summed E-state index contributed by atoms with van der Waals surface area (Å²) in [6.07, 6.45) is 2.51. The summed E-state index contributed by atoms with van der Waals surface area (Å²) in [5.41, 5.74) is 6.16. The van der Waals surface area contributed by atoms with Gasteiger partial charge in [-0.3, -0.25) is 9.78 Å². The molecule has 5 nitrogen and oxygen atoms in total. The Labute approximate surface area is 175 Å². The summed E-state index contributed by atoms with van der Waals surface area (Å²) in [5.74, 6) is -0.0869. The average Bonchev–Trinajstić information content (AvgIpc) is 3.08. The van der Waals surface area contributed by atoms with Gasteiger partial charge in [0.15, 0.2) is 0 Å². The lowest BCUT2D eigenvalue weighted by Gasteiger charge is -2.10. The Balaban J connectivity index is 1.49. The number of hydrogen-bond donors (Lipinski definition) is 1. The summed E-state index contributed by atoms with van der Waals surface area (Å²) in [6.45, 7) is 4.45. The van der Waals surface area contributed by atoms with Crippen LogP contribution in [0.2, 0.25) is 0 Å². The largest absolute Gasteiger partial charge is 0.352 e. The van der Waals surface area contributed by atoms with E-state index in [-0.39, 0.29) is 5.91 Å². The topological polar surface area (TPSA) is 70.7 Å². The van der Waals surface area contributed by atoms with Crippen molar-refractivity contribution in [1.29, 1.82) is 5.26 Å². The van der Waals surface area contributed by atoms with Gasteiger partial charge in [0.1, 0.15) is 0 Å². The summed E-state index contributed by atoms with van der Waals surface area (Å²) in [7, 11) is 0. The highest BCUT2D eigenvalue weighted by Crippen LogP contribution is 2.21. The molecule has 0 unspecified atom stereocenters. The molecule has 1 amide bonds. The van der Waals surface area contributed by atoms with Crippen LogP contribution in [0, 0.1) is 25.2 Å². The Kier molecular flexibility index (Phi) is 5.32. The van der Waals surface area contributed by atoms with E-state index in [1.165, 1.54) is 0 Å². The molecule has 0 aliphatic rings. The number of amides is 1. The minimum absolute atomic E-state index is 0.0869. The zero-order valence-corrected chi connectivity index (χ0v) is 17.0. The van der Waals surface area contributed by atoms with Gasteiger partial charge in [-0.15, -0.1) is 0 Å². The van der Waals surface area contributed by atoms with E-state index in [0.29, 0.717) is 24.1 Å². The number of hydrogen-bond acceptors (Lipinski definition) is 3. The second kappa shape index (κ2) is 8.22. The molecule has 2 aromatic carbocycles. The fourth-order valence-corrected chi connectivity index (χ4v) is 3.85. The summed E-state index contributed by atoms with van der Waals surface area (Å²) in [6, 6.07) is 21.5. The van der Waals surface area contributed by atoms with Crippen molar-refractivity contribution in [3.05, 3.63) is 94.9 Å². The van der Waals surface area contributed by atoms with Crippen LogP contribution in [0.15, 0.2) is 66.9 Å². The van der Waals surface area contributed by atoms with E-state index in [1.807, 2.05) is 60.9 Å². The highest BCUT2D eigenvalue weighted by atomic mass is 16.1. The molecule has 0 radical (unpaired) electrons. The normalized spacial score (nSPS) is 10.7. The lowest BCUT2D eigenvalue weighted by Crippen LogP contribution is -2.26. The van der Waals surface area contributed by atoms with E-state index in [2.05, 4.69) is 22.4 Å². The number of carbonyl (C=O) groups excluding carboxylic acids is 1. The monoisotopic (exact) mass is 394 g/mol. The van der Waals surface area contributed by atoms with Crippen LogP contribution in [0.3, 0.4) is 0 Å². The molecule has 0 spiro atoms. The maximum absolute atomic E-state index is 12.8. The number of nitrogens with one attached hydrogen (secondary N) is 1. The molecule has 2 heterocycles. The van der Waals surface area contributed by atoms with E-state index in [9.17, 15) is 4.79 Å². The Morgan fingerprint density at radius 1 is 1.10 bits per heavy atom. The first kappa shape index (κ1) is 19.4. The number of nitriles is 1. The molecular formula is C25H22N4O. The van der Waals surface area contributed by atoms with Gasteiger partial charge in [-0.2, -0.15) is 5.26 Å². The summed E-state index contributed by atoms with van der Waals surface area (Å²) >= 11 is 0. The fourth-order valence-electron chi connectivity index (χ4n) is 3.85. The van der Waals surface area contributed by atoms with Gasteiger partial charge in [0.2, 0.25) is 0 Å². The van der Waals surface area contributed by atoms with Gasteiger partial charge in [0, 0.05) is 35.2 Å². The van der Waals surface area contributed by atoms with Crippen LogP contribution in [0.5, 0.6) is 0 Å². The predicted molar refractivity (Wildman–Crippen MR) is 118 cm³/mol. The van der Waals surface area contributed by atoms with Gasteiger partial charge in [0.25, 0.3) is 5.91 Å². The highest BCUT2D eigenvalue weighted by molar-refractivity contribution is 5.96. The van der Waals surface area contributed by atoms with Crippen LogP contribution in [0.1, 0.15) is 32.9 Å². The lowest BCUT2D eigenvalue weighted by molar-refractivity contribution is 0.0953. The SMILES string of the molecule is Cc1cc(C(=O)NCCc2cccc3cccnc23)c(C)n1-c1ccc(C#N)cc1. The number of rotatable bonds is 5. The molecule has 148 valence electrons. The molecule has 4 aromatic rings. The fraction of sp³-hybridized carbons (Fsp3) is 0.160. The van der Waals surface area contributed by atoms with Crippen LogP contribution in [0.25, 0.3) is 16.6 Å². The van der Waals surface area contributed by atoms with E-state index in [0.717, 1.165) is 33.5 Å². The minimum atomic E-state index is -0.0869. The van der Waals surface area contributed by atoms with Gasteiger partial charge >= 0.3 is 0 Å². The zero-order chi connectivity index (χ0) is 21.1. The second-order valence-corrected chi connectivity index (χ2v) is 7.28. The molecular weight excluding hydrogens is 372 g/mol. The van der Waals surface area contributed by atoms with E-state index in [4.69, 9.17) is 5.26 Å². The minimum Gasteiger partial charge on any atom is -0.352 e. The molecule has 30 heavy (non-hydrogen) atoms. The van der Waals surface area contributed by atoms with Crippen LogP contribution < -0.4 is 5.32 Å². The van der Waals surface area contributed by atoms with Gasteiger partial charge in [-0.1, -0.05) is 24.3 Å². The standard InChI is InChI=1S/C25H22N4O/c1-17-15-23(18(2)29(17)22-10-8-19(16-26)9-11-22)25(30)28-14-12-21-6-3-5-20-7-4-13-27-24(20)21/h3-11,13,15H,12,14H2,1-2H3,(H,28,30). The van der Waals surface area contributed by atoms with Crippen molar-refractivity contribution in [2.45, 2.75) is 20.3 Å². The maximum Gasteiger partial charge on any atom is 0.253 e. The van der Waals surface area contributed by atoms with Gasteiger partial charge in [-0.05, 0) is 62.2 Å². The average molecular weight is 394 g/mol. The third-order valence-corrected chi connectivity index (χ3v) is 5.33. The number of fused-ring (bicyclic) bond motifs is 1. The summed E-state index contributed by atoms with van der Waals surface area (Å²) in [5, 5.41) is 13.1. The number of para-hydroxylation sites is 1. The molecule has 0 fully saturated rings. The number of aromatic nitrogens is 2. The molecule has 2 aromatic heterocycles. The van der Waals surface area contributed by atoms with Gasteiger partial charge < -0.3 is 9.88 Å². The second-order valence-electron chi connectivity index (χ2n) is 7.28. The van der Waals surface area contributed by atoms with Crippen molar-refractivity contribution < 1.29 is 4.79 Å². The first-order chi connectivity index (χ1) is 14.6. The molecule has 0 bridgehead atoms. The number of pyridine rings is 1. The van der Waals surface area contributed by atoms with Crippen molar-refractivity contribution in [3.63, 3.8) is 0 Å². The molecule has 0 aliphatic heterocycles. The van der Waals surface area contributed by atoms with Crippen molar-refractivity contribution in [2.75, 3.05) is 6.54 Å². The van der Waals surface area contributed by atoms with Crippen LogP contribution in [0.4, 0.5) is 0 Å². The molecule has 0 atom stereocenters. The number of nitrogens with zero attached hydrogens (tertiary/aromatic N) is 3. The van der Waals surface area contributed by atoms with Gasteiger partial charge in [-0.25, -0.2) is 0 Å². The van der Waals surface area contributed by atoms with Crippen LogP contribution in [-0.2, 0) is 6.42 Å². The van der Waals surface area contributed by atoms with E-state index >= 15 is 0 Å². The summed E-state index contributed by atoms with van der Waals surface area (Å²) in [4.78, 5) is 17.3. The van der Waals surface area contributed by atoms with Crippen LogP contribution >= 0.6 is 0 Å². The van der Waals surface area contributed by atoms with E-state index < -0.39 is 0 Å². The van der Waals surface area contributed by atoms with Gasteiger partial charge in [0.05, 0.1) is 22.7 Å². The smallest absolute Gasteiger partial charge is 0.253 e. The lowest BCUT2D eigenvalue weighted by atomic mass is 10.1. The molecule has 5 heteroatoms. The Morgan fingerprint density at radius 2 is 1.87 bits per heavy atom. The van der Waals surface area contributed by atoms with E-state index in [1.54, 1.807) is 18.3 Å². The maximum atomic E-state index is 12.8. The Bertz CT molecular complexity index is 1260. The van der Waals surface area contributed by atoms with Crippen molar-refractivity contribution in [2.24, 2.45) is 0 Å². The van der Waals surface area contributed by atoms with Crippen molar-refractivity contribution in [1.82, 2.24) is 14.9 Å². The number of carbonyl (C=O) groups is 1. The molecule has 1 N–H and O–H groups in total. The van der Waals surface area contributed by atoms with Crippen molar-refractivity contribution in [3.8, 4) is 11.8 Å². The number of aryl methyl sites for hydroxylation is 1. The predicted octanol–water partition coefficient (Wildman–Crippen LogP) is 4.49. The highest BCUT2D eigenvalue weighted by Gasteiger charge is 2.16. The summed E-state index contributed by atoms with van der Waals surface area (Å²) < 4.78 is 2.03. The quantitative estimate of drug-likeness (QED) is 0.542. The van der Waals surface area contributed by atoms with Crippen LogP contribution in [-0.4, -0.2) is 22.0 Å². The Hall–Kier alpha value is -3.91.